The molecule has 0 aliphatic carbocycles. The molecule has 7 heteroatoms. The van der Waals surface area contributed by atoms with Gasteiger partial charge in [0.25, 0.3) is 0 Å². The molecule has 0 aliphatic rings. The van der Waals surface area contributed by atoms with E-state index >= 15 is 0 Å². The minimum Gasteiger partial charge on any atom is -0.481 e. The second-order valence-corrected chi connectivity index (χ2v) is 5.76. The Kier molecular flexibility index (Phi) is 6.80. The van der Waals surface area contributed by atoms with Gasteiger partial charge in [0.15, 0.2) is 0 Å². The molecular weight excluding hydrogens is 338 g/mol. The standard InChI is InChI=1S/C19H22F2N4O/c1-3-4-7-25(16-5-6-18(26-2)24-12-16)19(23)17(22)10-13-8-14(20)11-15(21)9-13/h3,5-6,8-9,11-12,17,23H,1,4,7,10,22H2,2H3/t17-/m0/s1. The van der Waals surface area contributed by atoms with Gasteiger partial charge >= 0.3 is 0 Å². The number of ether oxygens (including phenoxy) is 1. The molecule has 3 N–H and O–H groups in total. The highest BCUT2D eigenvalue weighted by Gasteiger charge is 2.20. The molecule has 0 fully saturated rings. The minimum atomic E-state index is -0.733. The third kappa shape index (κ3) is 5.10. The van der Waals surface area contributed by atoms with Crippen molar-refractivity contribution in [3.63, 3.8) is 0 Å². The number of anilines is 1. The van der Waals surface area contributed by atoms with Crippen LogP contribution in [0, 0.1) is 17.0 Å². The van der Waals surface area contributed by atoms with Gasteiger partial charge in [0.2, 0.25) is 5.88 Å². The fourth-order valence-electron chi connectivity index (χ4n) is 2.54. The van der Waals surface area contributed by atoms with Crippen LogP contribution in [0.25, 0.3) is 0 Å². The van der Waals surface area contributed by atoms with Crippen LogP contribution >= 0.6 is 0 Å². The molecule has 0 saturated heterocycles. The molecule has 5 nitrogen and oxygen atoms in total. The Bertz CT molecular complexity index is 744. The van der Waals surface area contributed by atoms with E-state index in [2.05, 4.69) is 11.6 Å². The van der Waals surface area contributed by atoms with Gasteiger partial charge < -0.3 is 15.4 Å². The summed E-state index contributed by atoms with van der Waals surface area (Å²) in [5.41, 5.74) is 7.21. The van der Waals surface area contributed by atoms with Gasteiger partial charge in [-0.05, 0) is 36.6 Å². The van der Waals surface area contributed by atoms with Crippen molar-refractivity contribution in [3.05, 3.63) is 66.4 Å². The summed E-state index contributed by atoms with van der Waals surface area (Å²) >= 11 is 0. The average Bonchev–Trinajstić information content (AvgIpc) is 2.61. The van der Waals surface area contributed by atoms with E-state index in [1.165, 1.54) is 19.2 Å². The SMILES string of the molecule is C=CCCN(C(=N)[C@@H](N)Cc1cc(F)cc(F)c1)c1ccc(OC)nc1. The highest BCUT2D eigenvalue weighted by molar-refractivity contribution is 5.99. The maximum atomic E-state index is 13.4. The van der Waals surface area contributed by atoms with Crippen molar-refractivity contribution in [1.29, 1.82) is 5.41 Å². The Hall–Kier alpha value is -2.80. The number of rotatable bonds is 8. The second kappa shape index (κ2) is 9.05. The van der Waals surface area contributed by atoms with Crippen LogP contribution in [0.15, 0.2) is 49.2 Å². The zero-order chi connectivity index (χ0) is 19.1. The maximum absolute atomic E-state index is 13.4. The largest absolute Gasteiger partial charge is 0.481 e. The predicted molar refractivity (Wildman–Crippen MR) is 98.7 cm³/mol. The van der Waals surface area contributed by atoms with Gasteiger partial charge in [-0.1, -0.05) is 6.08 Å². The minimum absolute atomic E-state index is 0.128. The maximum Gasteiger partial charge on any atom is 0.213 e. The van der Waals surface area contributed by atoms with E-state index < -0.39 is 17.7 Å². The van der Waals surface area contributed by atoms with Crippen LogP contribution in [0.3, 0.4) is 0 Å². The lowest BCUT2D eigenvalue weighted by Crippen LogP contribution is -2.45. The lowest BCUT2D eigenvalue weighted by atomic mass is 10.0. The number of methoxy groups -OCH3 is 1. The lowest BCUT2D eigenvalue weighted by molar-refractivity contribution is 0.398. The molecular formula is C19H22F2N4O. The fraction of sp³-hybridized carbons (Fsp3) is 0.263. The zero-order valence-electron chi connectivity index (χ0n) is 14.6. The van der Waals surface area contributed by atoms with Crippen molar-refractivity contribution >= 4 is 11.5 Å². The van der Waals surface area contributed by atoms with Crippen molar-refractivity contribution in [2.24, 2.45) is 5.73 Å². The monoisotopic (exact) mass is 360 g/mol. The van der Waals surface area contributed by atoms with E-state index in [9.17, 15) is 8.78 Å². The van der Waals surface area contributed by atoms with Crippen molar-refractivity contribution in [1.82, 2.24) is 4.98 Å². The summed E-state index contributed by atoms with van der Waals surface area (Å²) in [7, 11) is 1.52. The summed E-state index contributed by atoms with van der Waals surface area (Å²) in [5.74, 6) is -0.741. The number of hydrogen-bond donors (Lipinski definition) is 2. The zero-order valence-corrected chi connectivity index (χ0v) is 14.6. The van der Waals surface area contributed by atoms with Gasteiger partial charge in [0.1, 0.15) is 17.5 Å². The molecule has 1 atom stereocenters. The third-order valence-electron chi connectivity index (χ3n) is 3.82. The Labute approximate surface area is 151 Å². The van der Waals surface area contributed by atoms with Crippen molar-refractivity contribution in [2.75, 3.05) is 18.6 Å². The number of halogens is 2. The highest BCUT2D eigenvalue weighted by Crippen LogP contribution is 2.19. The highest BCUT2D eigenvalue weighted by atomic mass is 19.1. The molecule has 0 saturated carbocycles. The van der Waals surface area contributed by atoms with Gasteiger partial charge in [0, 0.05) is 18.7 Å². The number of pyridine rings is 1. The number of amidine groups is 1. The van der Waals surface area contributed by atoms with E-state index in [1.54, 1.807) is 29.3 Å². The van der Waals surface area contributed by atoms with Crippen LogP contribution in [0.4, 0.5) is 14.5 Å². The molecule has 1 heterocycles. The van der Waals surface area contributed by atoms with Gasteiger partial charge in [-0.25, -0.2) is 13.8 Å². The summed E-state index contributed by atoms with van der Waals surface area (Å²) in [4.78, 5) is 5.85. The van der Waals surface area contributed by atoms with Crippen LogP contribution in [-0.2, 0) is 6.42 Å². The Morgan fingerprint density at radius 2 is 2.04 bits per heavy atom. The van der Waals surface area contributed by atoms with Gasteiger partial charge in [0.05, 0.1) is 25.0 Å². The van der Waals surface area contributed by atoms with Gasteiger partial charge in [-0.3, -0.25) is 5.41 Å². The molecule has 138 valence electrons. The van der Waals surface area contributed by atoms with Gasteiger partial charge in [-0.15, -0.1) is 6.58 Å². The van der Waals surface area contributed by atoms with E-state index in [0.29, 0.717) is 30.1 Å². The smallest absolute Gasteiger partial charge is 0.213 e. The van der Waals surface area contributed by atoms with Crippen LogP contribution in [0.2, 0.25) is 0 Å². The number of aromatic nitrogens is 1. The first-order chi connectivity index (χ1) is 12.4. The Morgan fingerprint density at radius 3 is 2.58 bits per heavy atom. The summed E-state index contributed by atoms with van der Waals surface area (Å²) in [6, 6.07) is 5.98. The third-order valence-corrected chi connectivity index (χ3v) is 3.82. The van der Waals surface area contributed by atoms with E-state index in [1.807, 2.05) is 0 Å². The second-order valence-electron chi connectivity index (χ2n) is 5.76. The number of nitrogens with two attached hydrogens (primary N) is 1. The average molecular weight is 360 g/mol. The fourth-order valence-corrected chi connectivity index (χ4v) is 2.54. The molecule has 1 aromatic heterocycles. The summed E-state index contributed by atoms with van der Waals surface area (Å²) < 4.78 is 31.8. The molecule has 0 aliphatic heterocycles. The molecule has 0 spiro atoms. The summed E-state index contributed by atoms with van der Waals surface area (Å²) in [6.07, 6.45) is 4.10. The van der Waals surface area contributed by atoms with E-state index in [4.69, 9.17) is 15.9 Å². The lowest BCUT2D eigenvalue weighted by Gasteiger charge is -2.28. The predicted octanol–water partition coefficient (Wildman–Crippen LogP) is 3.30. The van der Waals surface area contributed by atoms with Crippen molar-refractivity contribution < 1.29 is 13.5 Å². The summed E-state index contributed by atoms with van der Waals surface area (Å²) in [6.45, 7) is 4.19. The number of nitrogens with one attached hydrogen (secondary N) is 1. The molecule has 2 rings (SSSR count). The van der Waals surface area contributed by atoms with Crippen LogP contribution in [0.1, 0.15) is 12.0 Å². The van der Waals surface area contributed by atoms with Crippen LogP contribution in [0.5, 0.6) is 5.88 Å². The quantitative estimate of drug-likeness (QED) is 0.430. The topological polar surface area (TPSA) is 75.2 Å². The van der Waals surface area contributed by atoms with Crippen molar-refractivity contribution in [2.45, 2.75) is 18.9 Å². The normalized spacial score (nSPS) is 11.7. The van der Waals surface area contributed by atoms with Crippen LogP contribution in [-0.4, -0.2) is 30.5 Å². The first kappa shape index (κ1) is 19.5. The number of nitrogens with zero attached hydrogens (tertiary/aromatic N) is 2. The number of benzene rings is 1. The molecule has 26 heavy (non-hydrogen) atoms. The molecule has 2 aromatic rings. The number of hydrogen-bond acceptors (Lipinski definition) is 4. The first-order valence-corrected chi connectivity index (χ1v) is 8.12. The first-order valence-electron chi connectivity index (χ1n) is 8.12. The Balaban J connectivity index is 2.19. The Morgan fingerprint density at radius 1 is 1.35 bits per heavy atom. The van der Waals surface area contributed by atoms with Crippen molar-refractivity contribution in [3.8, 4) is 5.88 Å². The molecule has 0 amide bonds. The van der Waals surface area contributed by atoms with E-state index in [-0.39, 0.29) is 12.3 Å². The molecule has 1 aromatic carbocycles. The van der Waals surface area contributed by atoms with Gasteiger partial charge in [-0.2, -0.15) is 0 Å². The van der Waals surface area contributed by atoms with E-state index in [0.717, 1.165) is 6.07 Å². The van der Waals surface area contributed by atoms with Crippen LogP contribution < -0.4 is 15.4 Å². The molecule has 0 bridgehead atoms. The molecule has 0 radical (unpaired) electrons. The molecule has 0 unspecified atom stereocenters. The summed E-state index contributed by atoms with van der Waals surface area (Å²) in [5, 5.41) is 8.44.